The van der Waals surface area contributed by atoms with Crippen LogP contribution in [0.15, 0.2) is 24.3 Å². The molecule has 0 saturated heterocycles. The van der Waals surface area contributed by atoms with Gasteiger partial charge in [0.05, 0.1) is 12.6 Å². The lowest BCUT2D eigenvalue weighted by Crippen LogP contribution is -2.26. The van der Waals surface area contributed by atoms with Gasteiger partial charge in [0, 0.05) is 5.02 Å². The molecular formula is C9H10ClNO3. The first-order chi connectivity index (χ1) is 6.59. The lowest BCUT2D eigenvalue weighted by atomic mass is 10.1. The number of nitrogens with one attached hydrogen (secondary N) is 1. The van der Waals surface area contributed by atoms with Crippen LogP contribution in [0.1, 0.15) is 11.7 Å². The molecule has 0 saturated carbocycles. The van der Waals surface area contributed by atoms with Crippen molar-refractivity contribution >= 4 is 17.7 Å². The molecule has 1 aromatic carbocycles. The van der Waals surface area contributed by atoms with Gasteiger partial charge in [0.25, 0.3) is 0 Å². The molecule has 0 spiro atoms. The lowest BCUT2D eigenvalue weighted by Gasteiger charge is -2.10. The first-order valence-corrected chi connectivity index (χ1v) is 4.37. The lowest BCUT2D eigenvalue weighted by molar-refractivity contribution is 0.159. The predicted octanol–water partition coefficient (Wildman–Crippen LogP) is 1.64. The maximum atomic E-state index is 10.1. The Hall–Kier alpha value is -1.26. The number of hydrogen-bond acceptors (Lipinski definition) is 2. The highest BCUT2D eigenvalue weighted by molar-refractivity contribution is 6.30. The largest absolute Gasteiger partial charge is 0.465 e. The summed E-state index contributed by atoms with van der Waals surface area (Å²) in [5.74, 6) is 0. The van der Waals surface area contributed by atoms with E-state index in [1.54, 1.807) is 24.3 Å². The number of carboxylic acid groups (broad SMARTS) is 1. The van der Waals surface area contributed by atoms with Crippen LogP contribution in [-0.4, -0.2) is 22.9 Å². The molecule has 4 nitrogen and oxygen atoms in total. The normalized spacial score (nSPS) is 12.1. The fourth-order valence-corrected chi connectivity index (χ4v) is 1.11. The Morgan fingerprint density at radius 3 is 2.50 bits per heavy atom. The summed E-state index contributed by atoms with van der Waals surface area (Å²) in [6.07, 6.45) is -2.00. The Balaban J connectivity index is 2.56. The second-order valence-corrected chi connectivity index (χ2v) is 3.19. The number of aliphatic hydroxyl groups is 1. The molecule has 1 atom stereocenters. The van der Waals surface area contributed by atoms with Crippen molar-refractivity contribution in [3.63, 3.8) is 0 Å². The number of carbonyl (C=O) groups is 1. The molecule has 1 aromatic rings. The number of benzene rings is 1. The molecule has 0 heterocycles. The molecule has 0 aliphatic heterocycles. The minimum absolute atomic E-state index is 0.0308. The number of hydrogen-bond donors (Lipinski definition) is 3. The molecule has 0 radical (unpaired) electrons. The van der Waals surface area contributed by atoms with Gasteiger partial charge in [-0.1, -0.05) is 23.7 Å². The van der Waals surface area contributed by atoms with Gasteiger partial charge in [0.2, 0.25) is 0 Å². The molecule has 1 amide bonds. The molecule has 0 bridgehead atoms. The second-order valence-electron chi connectivity index (χ2n) is 2.75. The summed E-state index contributed by atoms with van der Waals surface area (Å²) in [5.41, 5.74) is 0.628. The van der Waals surface area contributed by atoms with E-state index in [0.29, 0.717) is 10.6 Å². The van der Waals surface area contributed by atoms with Gasteiger partial charge in [-0.15, -0.1) is 0 Å². The van der Waals surface area contributed by atoms with Crippen LogP contribution in [0, 0.1) is 0 Å². The zero-order valence-electron chi connectivity index (χ0n) is 7.27. The molecule has 14 heavy (non-hydrogen) atoms. The van der Waals surface area contributed by atoms with E-state index in [2.05, 4.69) is 5.32 Å². The van der Waals surface area contributed by atoms with Gasteiger partial charge in [-0.05, 0) is 17.7 Å². The summed E-state index contributed by atoms with van der Waals surface area (Å²) in [5, 5.41) is 20.5. The molecule has 3 N–H and O–H groups in total. The van der Waals surface area contributed by atoms with E-state index in [4.69, 9.17) is 16.7 Å². The van der Waals surface area contributed by atoms with E-state index in [-0.39, 0.29) is 6.54 Å². The maximum absolute atomic E-state index is 10.1. The molecule has 0 aliphatic carbocycles. The van der Waals surface area contributed by atoms with Crippen LogP contribution < -0.4 is 5.32 Å². The van der Waals surface area contributed by atoms with Crippen LogP contribution in [0.25, 0.3) is 0 Å². The fourth-order valence-electron chi connectivity index (χ4n) is 0.987. The number of aliphatic hydroxyl groups excluding tert-OH is 1. The van der Waals surface area contributed by atoms with Crippen molar-refractivity contribution in [3.8, 4) is 0 Å². The van der Waals surface area contributed by atoms with Gasteiger partial charge in [-0.25, -0.2) is 4.79 Å². The van der Waals surface area contributed by atoms with Gasteiger partial charge in [0.1, 0.15) is 0 Å². The molecule has 76 valence electrons. The molecule has 1 rings (SSSR count). The highest BCUT2D eigenvalue weighted by atomic mass is 35.5. The smallest absolute Gasteiger partial charge is 0.404 e. The SMILES string of the molecule is O=C(O)NC[C@H](O)c1ccc(Cl)cc1. The van der Waals surface area contributed by atoms with Crippen LogP contribution in [0.5, 0.6) is 0 Å². The number of amides is 1. The van der Waals surface area contributed by atoms with E-state index in [9.17, 15) is 9.90 Å². The maximum Gasteiger partial charge on any atom is 0.404 e. The average Bonchev–Trinajstić information content (AvgIpc) is 2.15. The van der Waals surface area contributed by atoms with E-state index >= 15 is 0 Å². The van der Waals surface area contributed by atoms with Gasteiger partial charge in [-0.2, -0.15) is 0 Å². The average molecular weight is 216 g/mol. The minimum atomic E-state index is -1.15. The predicted molar refractivity (Wildman–Crippen MR) is 52.4 cm³/mol. The van der Waals surface area contributed by atoms with Crippen LogP contribution in [0.3, 0.4) is 0 Å². The quantitative estimate of drug-likeness (QED) is 0.718. The van der Waals surface area contributed by atoms with Crippen molar-refractivity contribution in [1.29, 1.82) is 0 Å². The molecule has 0 aromatic heterocycles. The van der Waals surface area contributed by atoms with Crippen molar-refractivity contribution < 1.29 is 15.0 Å². The van der Waals surface area contributed by atoms with Crippen molar-refractivity contribution in [2.75, 3.05) is 6.54 Å². The van der Waals surface area contributed by atoms with Crippen LogP contribution in [0.4, 0.5) is 4.79 Å². The summed E-state index contributed by atoms with van der Waals surface area (Å²) < 4.78 is 0. The van der Waals surface area contributed by atoms with Gasteiger partial charge < -0.3 is 15.5 Å². The third-order valence-electron chi connectivity index (χ3n) is 1.70. The molecular weight excluding hydrogens is 206 g/mol. The summed E-state index contributed by atoms with van der Waals surface area (Å²) in [4.78, 5) is 10.1. The molecule has 0 fully saturated rings. The third kappa shape index (κ3) is 3.24. The minimum Gasteiger partial charge on any atom is -0.465 e. The van der Waals surface area contributed by atoms with Crippen molar-refractivity contribution in [2.24, 2.45) is 0 Å². The molecule has 0 unspecified atom stereocenters. The third-order valence-corrected chi connectivity index (χ3v) is 1.95. The van der Waals surface area contributed by atoms with Crippen molar-refractivity contribution in [2.45, 2.75) is 6.10 Å². The Bertz CT molecular complexity index is 312. The van der Waals surface area contributed by atoms with Crippen LogP contribution >= 0.6 is 11.6 Å². The summed E-state index contributed by atoms with van der Waals surface area (Å²) >= 11 is 5.65. The van der Waals surface area contributed by atoms with E-state index in [1.807, 2.05) is 0 Å². The number of rotatable bonds is 3. The van der Waals surface area contributed by atoms with Crippen LogP contribution in [0.2, 0.25) is 5.02 Å². The topological polar surface area (TPSA) is 69.6 Å². The number of halogens is 1. The Morgan fingerprint density at radius 2 is 2.00 bits per heavy atom. The van der Waals surface area contributed by atoms with Crippen LogP contribution in [-0.2, 0) is 0 Å². The van der Waals surface area contributed by atoms with E-state index < -0.39 is 12.2 Å². The van der Waals surface area contributed by atoms with Gasteiger partial charge in [-0.3, -0.25) is 0 Å². The van der Waals surface area contributed by atoms with Crippen molar-refractivity contribution in [1.82, 2.24) is 5.32 Å². The Morgan fingerprint density at radius 1 is 1.43 bits per heavy atom. The highest BCUT2D eigenvalue weighted by Gasteiger charge is 2.07. The zero-order chi connectivity index (χ0) is 10.6. The second kappa shape index (κ2) is 4.83. The first kappa shape index (κ1) is 10.8. The highest BCUT2D eigenvalue weighted by Crippen LogP contribution is 2.15. The van der Waals surface area contributed by atoms with Crippen molar-refractivity contribution in [3.05, 3.63) is 34.9 Å². The summed E-state index contributed by atoms with van der Waals surface area (Å²) in [6.45, 7) is -0.0308. The molecule has 5 heteroatoms. The van der Waals surface area contributed by atoms with Gasteiger partial charge >= 0.3 is 6.09 Å². The summed E-state index contributed by atoms with van der Waals surface area (Å²) in [6, 6.07) is 6.58. The first-order valence-electron chi connectivity index (χ1n) is 4.00. The van der Waals surface area contributed by atoms with E-state index in [1.165, 1.54) is 0 Å². The standard InChI is InChI=1S/C9H10ClNO3/c10-7-3-1-6(2-4-7)8(12)5-11-9(13)14/h1-4,8,11-12H,5H2,(H,13,14)/t8-/m0/s1. The Labute approximate surface area is 86.1 Å². The molecule has 0 aliphatic rings. The van der Waals surface area contributed by atoms with E-state index in [0.717, 1.165) is 0 Å². The van der Waals surface area contributed by atoms with Gasteiger partial charge in [0.15, 0.2) is 0 Å². The monoisotopic (exact) mass is 215 g/mol. The fraction of sp³-hybridized carbons (Fsp3) is 0.222. The zero-order valence-corrected chi connectivity index (χ0v) is 8.03. The summed E-state index contributed by atoms with van der Waals surface area (Å²) in [7, 11) is 0. The Kier molecular flexibility index (Phi) is 3.73.